The molecule has 0 atom stereocenters. The second kappa shape index (κ2) is 13.8. The van der Waals surface area contributed by atoms with Gasteiger partial charge in [-0.1, -0.05) is 45.4 Å². The minimum atomic E-state index is 0. The molecule has 0 radical (unpaired) electrons. The third-order valence-electron chi connectivity index (χ3n) is 1.93. The van der Waals surface area contributed by atoms with E-state index in [0.717, 1.165) is 19.1 Å². The predicted molar refractivity (Wildman–Crippen MR) is 55.8 cm³/mol. The van der Waals surface area contributed by atoms with Crippen LogP contribution in [-0.4, -0.2) is 25.1 Å². The summed E-state index contributed by atoms with van der Waals surface area (Å²) in [7, 11) is 0. The molecule has 0 saturated carbocycles. The summed E-state index contributed by atoms with van der Waals surface area (Å²) < 4.78 is 0. The van der Waals surface area contributed by atoms with E-state index in [1.54, 1.807) is 0 Å². The van der Waals surface area contributed by atoms with Crippen LogP contribution < -0.4 is 0 Å². The van der Waals surface area contributed by atoms with Crippen molar-refractivity contribution >= 4 is 25.1 Å². The predicted octanol–water partition coefficient (Wildman–Crippen LogP) is 2.68. The van der Waals surface area contributed by atoms with Crippen LogP contribution in [0, 0.1) is 0 Å². The molecule has 0 bridgehead atoms. The Bertz CT molecular complexity index is 83.9. The third-order valence-corrected chi connectivity index (χ3v) is 1.93. The number of carbonyl (C=O) groups is 1. The molecule has 0 aliphatic heterocycles. The first-order chi connectivity index (χ1) is 5.41. The molecule has 0 rings (SSSR count). The molecule has 0 heterocycles. The van der Waals surface area contributed by atoms with Crippen molar-refractivity contribution in [1.29, 1.82) is 0 Å². The van der Waals surface area contributed by atoms with Crippen LogP contribution in [0.15, 0.2) is 0 Å². The van der Waals surface area contributed by atoms with Gasteiger partial charge in [-0.3, -0.25) is 0 Å². The van der Waals surface area contributed by atoms with Crippen molar-refractivity contribution in [3.05, 3.63) is 0 Å². The Morgan fingerprint density at radius 2 is 1.42 bits per heavy atom. The van der Waals surface area contributed by atoms with Crippen LogP contribution in [0.1, 0.15) is 58.3 Å². The van der Waals surface area contributed by atoms with E-state index in [9.17, 15) is 4.79 Å². The normalized spacial score (nSPS) is 9.08. The summed E-state index contributed by atoms with van der Waals surface area (Å²) in [5, 5.41) is 0. The molecule has 0 unspecified atom stereocenters. The number of aldehydes is 1. The molecule has 0 aromatic rings. The van der Waals surface area contributed by atoms with Gasteiger partial charge in [-0.25, -0.2) is 0 Å². The van der Waals surface area contributed by atoms with E-state index in [0.29, 0.717) is 0 Å². The van der Waals surface area contributed by atoms with E-state index in [-0.39, 0.29) is 18.9 Å². The standard InChI is InChI=1S/C10H20O.Li.H/c1-2-3-4-5-6-7-8-9-10-11;;/h10H,2-9H2,1H3;;. The first kappa shape index (κ1) is 14.8. The van der Waals surface area contributed by atoms with Gasteiger partial charge in [0.15, 0.2) is 0 Å². The van der Waals surface area contributed by atoms with Gasteiger partial charge < -0.3 is 4.79 Å². The molecular formula is C10H21LiO. The molecule has 1 nitrogen and oxygen atoms in total. The molecule has 12 heavy (non-hydrogen) atoms. The number of carbonyl (C=O) groups excluding carboxylic acids is 1. The molecule has 0 N–H and O–H groups in total. The maximum absolute atomic E-state index is 9.94. The molecule has 0 saturated heterocycles. The first-order valence-electron chi connectivity index (χ1n) is 4.85. The summed E-state index contributed by atoms with van der Waals surface area (Å²) in [4.78, 5) is 9.94. The molecule has 0 aromatic carbocycles. The van der Waals surface area contributed by atoms with Crippen molar-refractivity contribution in [1.82, 2.24) is 0 Å². The summed E-state index contributed by atoms with van der Waals surface area (Å²) in [5.74, 6) is 0. The summed E-state index contributed by atoms with van der Waals surface area (Å²) >= 11 is 0. The Hall–Kier alpha value is 0.267. The summed E-state index contributed by atoms with van der Waals surface area (Å²) in [6, 6.07) is 0. The van der Waals surface area contributed by atoms with Crippen molar-refractivity contribution in [2.24, 2.45) is 0 Å². The van der Waals surface area contributed by atoms with Crippen molar-refractivity contribution in [3.63, 3.8) is 0 Å². The molecular weight excluding hydrogens is 143 g/mol. The molecule has 68 valence electrons. The third kappa shape index (κ3) is 12.9. The van der Waals surface area contributed by atoms with Gasteiger partial charge in [0.1, 0.15) is 6.29 Å². The molecule has 2 heteroatoms. The van der Waals surface area contributed by atoms with Gasteiger partial charge in [0.2, 0.25) is 0 Å². The fourth-order valence-electron chi connectivity index (χ4n) is 1.18. The molecule has 0 aromatic heterocycles. The van der Waals surface area contributed by atoms with Gasteiger partial charge in [-0.15, -0.1) is 0 Å². The van der Waals surface area contributed by atoms with Crippen molar-refractivity contribution in [3.8, 4) is 0 Å². The van der Waals surface area contributed by atoms with E-state index in [2.05, 4.69) is 6.92 Å². The Kier molecular flexibility index (Phi) is 17.0. The van der Waals surface area contributed by atoms with Gasteiger partial charge in [-0.2, -0.15) is 0 Å². The summed E-state index contributed by atoms with van der Waals surface area (Å²) in [6.07, 6.45) is 10.8. The number of hydrogen-bond acceptors (Lipinski definition) is 1. The quantitative estimate of drug-likeness (QED) is 0.306. The average molecular weight is 164 g/mol. The Morgan fingerprint density at radius 1 is 0.917 bits per heavy atom. The van der Waals surface area contributed by atoms with Crippen molar-refractivity contribution < 1.29 is 4.79 Å². The molecule has 0 fully saturated rings. The molecule has 0 aliphatic carbocycles. The topological polar surface area (TPSA) is 17.1 Å². The zero-order valence-corrected chi connectivity index (χ0v) is 7.64. The molecule has 0 aliphatic rings. The van der Waals surface area contributed by atoms with E-state index in [4.69, 9.17) is 0 Å². The van der Waals surface area contributed by atoms with Gasteiger partial charge in [0, 0.05) is 6.42 Å². The number of rotatable bonds is 8. The second-order valence-electron chi connectivity index (χ2n) is 3.08. The monoisotopic (exact) mass is 164 g/mol. The molecule has 0 spiro atoms. The van der Waals surface area contributed by atoms with E-state index in [1.807, 2.05) is 0 Å². The van der Waals surface area contributed by atoms with Crippen LogP contribution >= 0.6 is 0 Å². The Labute approximate surface area is 88.5 Å². The van der Waals surface area contributed by atoms with Crippen LogP contribution in [0.4, 0.5) is 0 Å². The Balaban J connectivity index is 0. The van der Waals surface area contributed by atoms with Crippen molar-refractivity contribution in [2.45, 2.75) is 58.3 Å². The Morgan fingerprint density at radius 3 is 1.92 bits per heavy atom. The van der Waals surface area contributed by atoms with Gasteiger partial charge in [-0.05, 0) is 6.42 Å². The number of unbranched alkanes of at least 4 members (excludes halogenated alkanes) is 7. The first-order valence-corrected chi connectivity index (χ1v) is 4.85. The van der Waals surface area contributed by atoms with Crippen molar-refractivity contribution in [2.75, 3.05) is 0 Å². The summed E-state index contributed by atoms with van der Waals surface area (Å²) in [5.41, 5.74) is 0. The zero-order chi connectivity index (χ0) is 8.36. The van der Waals surface area contributed by atoms with Gasteiger partial charge in [0.25, 0.3) is 0 Å². The maximum atomic E-state index is 9.94. The fourth-order valence-corrected chi connectivity index (χ4v) is 1.18. The second-order valence-corrected chi connectivity index (χ2v) is 3.08. The zero-order valence-electron chi connectivity index (χ0n) is 7.64. The van der Waals surface area contributed by atoms with E-state index in [1.165, 1.54) is 38.5 Å². The SMILES string of the molecule is CCCCCCCCCC=O.[LiH]. The van der Waals surface area contributed by atoms with Crippen LogP contribution in [0.2, 0.25) is 0 Å². The van der Waals surface area contributed by atoms with Gasteiger partial charge >= 0.3 is 18.9 Å². The van der Waals surface area contributed by atoms with Crippen LogP contribution in [0.5, 0.6) is 0 Å². The number of hydrogen-bond donors (Lipinski definition) is 0. The van der Waals surface area contributed by atoms with Crippen LogP contribution in [0.25, 0.3) is 0 Å². The minimum absolute atomic E-state index is 0. The average Bonchev–Trinajstić information content (AvgIpc) is 2.03. The summed E-state index contributed by atoms with van der Waals surface area (Å²) in [6.45, 7) is 2.23. The van der Waals surface area contributed by atoms with E-state index >= 15 is 0 Å². The van der Waals surface area contributed by atoms with Crippen LogP contribution in [-0.2, 0) is 4.79 Å². The fraction of sp³-hybridized carbons (Fsp3) is 0.900. The molecule has 0 amide bonds. The van der Waals surface area contributed by atoms with Gasteiger partial charge in [0.05, 0.1) is 0 Å². The van der Waals surface area contributed by atoms with Crippen LogP contribution in [0.3, 0.4) is 0 Å². The van der Waals surface area contributed by atoms with E-state index < -0.39 is 0 Å².